The molecule has 0 aromatic rings. The van der Waals surface area contributed by atoms with Gasteiger partial charge in [-0.1, -0.05) is 45.1 Å². The Bertz CT molecular complexity index is 443. The molecular weight excluding hydrogens is 267 g/mol. The number of nitrogens with two attached hydrogens (primary N) is 1. The van der Waals surface area contributed by atoms with Crippen LogP contribution in [0.4, 0.5) is 13.2 Å². The van der Waals surface area contributed by atoms with Crippen molar-refractivity contribution >= 4 is 5.91 Å². The van der Waals surface area contributed by atoms with Crippen molar-refractivity contribution < 1.29 is 18.0 Å². The van der Waals surface area contributed by atoms with E-state index < -0.39 is 17.7 Å². The lowest BCUT2D eigenvalue weighted by atomic mass is 9.98. The quantitative estimate of drug-likeness (QED) is 0.553. The summed E-state index contributed by atoms with van der Waals surface area (Å²) in [5, 5.41) is 0. The fourth-order valence-corrected chi connectivity index (χ4v) is 1.66. The van der Waals surface area contributed by atoms with Crippen LogP contribution in [0, 0.1) is 0 Å². The van der Waals surface area contributed by atoms with Gasteiger partial charge in [-0.05, 0) is 24.5 Å². The molecule has 0 heterocycles. The van der Waals surface area contributed by atoms with E-state index in [9.17, 15) is 18.0 Å². The number of hydrogen-bond donors (Lipinski definition) is 1. The van der Waals surface area contributed by atoms with E-state index in [0.717, 1.165) is 6.08 Å². The third-order valence-electron chi connectivity index (χ3n) is 2.50. The van der Waals surface area contributed by atoms with Crippen molar-refractivity contribution in [2.24, 2.45) is 5.73 Å². The average Bonchev–Trinajstić information content (AvgIpc) is 2.33. The van der Waals surface area contributed by atoms with Crippen molar-refractivity contribution in [3.63, 3.8) is 0 Å². The second-order valence-corrected chi connectivity index (χ2v) is 4.17. The van der Waals surface area contributed by atoms with Gasteiger partial charge in [-0.25, -0.2) is 0 Å². The highest BCUT2D eigenvalue weighted by Gasteiger charge is 2.33. The summed E-state index contributed by atoms with van der Waals surface area (Å²) in [7, 11) is 0. The summed E-state index contributed by atoms with van der Waals surface area (Å²) >= 11 is 0. The maximum atomic E-state index is 12.9. The highest BCUT2D eigenvalue weighted by molar-refractivity contribution is 5.97. The molecule has 0 bridgehead atoms. The van der Waals surface area contributed by atoms with Crippen LogP contribution in [0.1, 0.15) is 33.1 Å². The van der Waals surface area contributed by atoms with Gasteiger partial charge in [-0.15, -0.1) is 0 Å². The van der Waals surface area contributed by atoms with Crippen molar-refractivity contribution in [2.75, 3.05) is 0 Å². The van der Waals surface area contributed by atoms with Gasteiger partial charge in [0, 0.05) is 11.1 Å². The molecule has 0 aromatic carbocycles. The normalized spacial score (nSPS) is 14.3. The van der Waals surface area contributed by atoms with Crippen molar-refractivity contribution in [1.29, 1.82) is 0 Å². The molecule has 0 radical (unpaired) electrons. The minimum absolute atomic E-state index is 0.0743. The van der Waals surface area contributed by atoms with Gasteiger partial charge in [-0.3, -0.25) is 4.79 Å². The summed E-state index contributed by atoms with van der Waals surface area (Å²) in [6.07, 6.45) is 1.48. The first-order valence-electron chi connectivity index (χ1n) is 6.38. The molecular formula is C15H20F3NO. The van der Waals surface area contributed by atoms with Crippen LogP contribution in [0.15, 0.2) is 47.6 Å². The predicted molar refractivity (Wildman–Crippen MR) is 74.9 cm³/mol. The van der Waals surface area contributed by atoms with E-state index in [2.05, 4.69) is 6.58 Å². The third kappa shape index (κ3) is 5.91. The number of rotatable bonds is 7. The molecule has 2 nitrogen and oxygen atoms in total. The van der Waals surface area contributed by atoms with Crippen molar-refractivity contribution in [2.45, 2.75) is 39.3 Å². The van der Waals surface area contributed by atoms with Crippen LogP contribution in [-0.2, 0) is 4.79 Å². The summed E-state index contributed by atoms with van der Waals surface area (Å²) < 4.78 is 38.7. The molecule has 5 heteroatoms. The number of amides is 1. The molecule has 0 aliphatic carbocycles. The Morgan fingerprint density at radius 1 is 1.30 bits per heavy atom. The largest absolute Gasteiger partial charge is 0.412 e. The monoisotopic (exact) mass is 287 g/mol. The van der Waals surface area contributed by atoms with Gasteiger partial charge in [-0.2, -0.15) is 13.2 Å². The highest BCUT2D eigenvalue weighted by atomic mass is 19.4. The number of allylic oxidation sites excluding steroid dienone is 5. The van der Waals surface area contributed by atoms with Crippen LogP contribution in [0.2, 0.25) is 0 Å². The Balaban J connectivity index is 5.81. The number of carbonyl (C=O) groups excluding carboxylic acids is 1. The minimum Gasteiger partial charge on any atom is -0.366 e. The molecule has 0 atom stereocenters. The third-order valence-corrected chi connectivity index (χ3v) is 2.50. The molecule has 0 unspecified atom stereocenters. The number of carbonyl (C=O) groups is 1. The fourth-order valence-electron chi connectivity index (χ4n) is 1.66. The molecule has 0 spiro atoms. The molecule has 0 rings (SSSR count). The Labute approximate surface area is 117 Å². The van der Waals surface area contributed by atoms with E-state index in [1.54, 1.807) is 13.8 Å². The van der Waals surface area contributed by atoms with Gasteiger partial charge < -0.3 is 5.73 Å². The van der Waals surface area contributed by atoms with Gasteiger partial charge in [0.1, 0.15) is 0 Å². The topological polar surface area (TPSA) is 43.1 Å². The molecule has 1 amide bonds. The minimum atomic E-state index is -4.43. The van der Waals surface area contributed by atoms with E-state index >= 15 is 0 Å². The smallest absolute Gasteiger partial charge is 0.366 e. The van der Waals surface area contributed by atoms with Crippen LogP contribution >= 0.6 is 0 Å². The zero-order valence-electron chi connectivity index (χ0n) is 11.8. The second-order valence-electron chi connectivity index (χ2n) is 4.17. The predicted octanol–water partition coefficient (Wildman–Crippen LogP) is 4.21. The van der Waals surface area contributed by atoms with Gasteiger partial charge >= 0.3 is 6.18 Å². The number of halogens is 3. The van der Waals surface area contributed by atoms with Crippen LogP contribution in [0.3, 0.4) is 0 Å². The lowest BCUT2D eigenvalue weighted by Crippen LogP contribution is -2.17. The first kappa shape index (κ1) is 18.2. The summed E-state index contributed by atoms with van der Waals surface area (Å²) in [5.41, 5.74) is 4.74. The van der Waals surface area contributed by atoms with Crippen molar-refractivity contribution in [3.8, 4) is 0 Å². The van der Waals surface area contributed by atoms with Gasteiger partial charge in [0.2, 0.25) is 5.91 Å². The summed E-state index contributed by atoms with van der Waals surface area (Å²) in [4.78, 5) is 11.4. The van der Waals surface area contributed by atoms with E-state index in [0.29, 0.717) is 12.8 Å². The average molecular weight is 287 g/mol. The molecule has 0 saturated heterocycles. The molecule has 0 aliphatic rings. The van der Waals surface area contributed by atoms with E-state index in [4.69, 9.17) is 5.73 Å². The Kier molecular flexibility index (Phi) is 7.65. The van der Waals surface area contributed by atoms with Gasteiger partial charge in [0.25, 0.3) is 0 Å². The molecule has 20 heavy (non-hydrogen) atoms. The van der Waals surface area contributed by atoms with Gasteiger partial charge in [0.05, 0.1) is 0 Å². The highest BCUT2D eigenvalue weighted by Crippen LogP contribution is 2.31. The number of primary amides is 1. The lowest BCUT2D eigenvalue weighted by Gasteiger charge is -2.13. The standard InChI is InChI=1S/C15H20F3NO/c1-4-7-11(13(9-6-3)14(19)20)10-12(8-5-2)15(16,17)18/h4,7,9-10H,1,5-6,8H2,2-3H3,(H2,19,20)/b11-7+,12-10+,13-9+. The SMILES string of the molecule is C=C/C=C(\C=C(/CCC)C(F)(F)F)C(=C\CC)/C(N)=O. The first-order valence-corrected chi connectivity index (χ1v) is 6.38. The van der Waals surface area contributed by atoms with Crippen molar-refractivity contribution in [1.82, 2.24) is 0 Å². The Morgan fingerprint density at radius 2 is 1.90 bits per heavy atom. The lowest BCUT2D eigenvalue weighted by molar-refractivity contribution is -0.114. The van der Waals surface area contributed by atoms with Crippen LogP contribution < -0.4 is 5.73 Å². The molecule has 2 N–H and O–H groups in total. The Morgan fingerprint density at radius 3 is 2.25 bits per heavy atom. The fraction of sp³-hybridized carbons (Fsp3) is 0.400. The summed E-state index contributed by atoms with van der Waals surface area (Å²) in [6.45, 7) is 6.88. The van der Waals surface area contributed by atoms with Crippen LogP contribution in [0.5, 0.6) is 0 Å². The molecule has 0 saturated carbocycles. The maximum Gasteiger partial charge on any atom is 0.412 e. The van der Waals surface area contributed by atoms with Crippen LogP contribution in [0.25, 0.3) is 0 Å². The zero-order chi connectivity index (χ0) is 15.8. The second kappa shape index (κ2) is 8.40. The summed E-state index contributed by atoms with van der Waals surface area (Å²) in [5.74, 6) is -0.755. The molecule has 0 aromatic heterocycles. The maximum absolute atomic E-state index is 12.9. The summed E-state index contributed by atoms with van der Waals surface area (Å²) in [6, 6.07) is 0. The molecule has 0 fully saturated rings. The van der Waals surface area contributed by atoms with Gasteiger partial charge in [0.15, 0.2) is 0 Å². The van der Waals surface area contributed by atoms with E-state index in [1.165, 1.54) is 18.2 Å². The first-order chi connectivity index (χ1) is 9.27. The van der Waals surface area contributed by atoms with Crippen molar-refractivity contribution in [3.05, 3.63) is 47.6 Å². The van der Waals surface area contributed by atoms with Crippen LogP contribution in [-0.4, -0.2) is 12.1 Å². The Hall–Kier alpha value is -1.78. The van der Waals surface area contributed by atoms with E-state index in [-0.39, 0.29) is 17.6 Å². The number of alkyl halides is 3. The zero-order valence-corrected chi connectivity index (χ0v) is 11.8. The molecule has 0 aliphatic heterocycles. The van der Waals surface area contributed by atoms with E-state index in [1.807, 2.05) is 0 Å². The molecule has 112 valence electrons. The number of hydrogen-bond acceptors (Lipinski definition) is 1.